The Bertz CT molecular complexity index is 1270. The highest BCUT2D eigenvalue weighted by atomic mass is 35.5. The van der Waals surface area contributed by atoms with Crippen molar-refractivity contribution in [1.29, 1.82) is 5.26 Å². The van der Waals surface area contributed by atoms with E-state index in [1.807, 2.05) is 6.07 Å². The SMILES string of the molecule is N#Cc1ccc(NC(=O)C(CS(=O)(=O)Cc2ccc(Cl)cc2)c2ccc(Cl)nc2)cc1Cl. The van der Waals surface area contributed by atoms with Gasteiger partial charge in [0, 0.05) is 16.9 Å². The van der Waals surface area contributed by atoms with Crippen LogP contribution in [0.25, 0.3) is 0 Å². The Morgan fingerprint density at radius 2 is 1.78 bits per heavy atom. The van der Waals surface area contributed by atoms with Gasteiger partial charge in [-0.05, 0) is 47.5 Å². The van der Waals surface area contributed by atoms with Gasteiger partial charge < -0.3 is 5.32 Å². The Morgan fingerprint density at radius 3 is 2.38 bits per heavy atom. The van der Waals surface area contributed by atoms with E-state index in [0.29, 0.717) is 21.8 Å². The van der Waals surface area contributed by atoms with Gasteiger partial charge in [0.1, 0.15) is 11.2 Å². The number of nitrogens with one attached hydrogen (secondary N) is 1. The summed E-state index contributed by atoms with van der Waals surface area (Å²) in [6, 6.07) is 15.8. The largest absolute Gasteiger partial charge is 0.325 e. The number of nitriles is 1. The molecule has 0 radical (unpaired) electrons. The number of nitrogens with zero attached hydrogens (tertiary/aromatic N) is 2. The zero-order chi connectivity index (χ0) is 23.3. The van der Waals surface area contributed by atoms with Crippen LogP contribution in [0.15, 0.2) is 60.8 Å². The molecule has 0 fully saturated rings. The maximum atomic E-state index is 13.1. The number of rotatable bonds is 7. The summed E-state index contributed by atoms with van der Waals surface area (Å²) in [5.74, 6) is -2.31. The van der Waals surface area contributed by atoms with E-state index in [2.05, 4.69) is 10.3 Å². The van der Waals surface area contributed by atoms with E-state index in [0.717, 1.165) is 0 Å². The van der Waals surface area contributed by atoms with E-state index in [4.69, 9.17) is 40.1 Å². The van der Waals surface area contributed by atoms with Crippen molar-refractivity contribution < 1.29 is 13.2 Å². The van der Waals surface area contributed by atoms with Gasteiger partial charge in [0.15, 0.2) is 9.84 Å². The third-order valence-electron chi connectivity index (χ3n) is 4.55. The quantitative estimate of drug-likeness (QED) is 0.439. The van der Waals surface area contributed by atoms with Crippen LogP contribution in [0.2, 0.25) is 15.2 Å². The van der Waals surface area contributed by atoms with Gasteiger partial charge in [0.25, 0.3) is 0 Å². The first-order valence-electron chi connectivity index (χ1n) is 9.24. The number of halogens is 3. The highest BCUT2D eigenvalue weighted by Crippen LogP contribution is 2.25. The van der Waals surface area contributed by atoms with Crippen LogP contribution < -0.4 is 5.32 Å². The van der Waals surface area contributed by atoms with Gasteiger partial charge in [-0.25, -0.2) is 13.4 Å². The lowest BCUT2D eigenvalue weighted by atomic mass is 10.0. The average Bonchev–Trinajstić information content (AvgIpc) is 2.74. The van der Waals surface area contributed by atoms with Gasteiger partial charge in [-0.2, -0.15) is 5.26 Å². The first-order chi connectivity index (χ1) is 15.2. The molecule has 0 aliphatic carbocycles. The second-order valence-corrected chi connectivity index (χ2v) is 10.3. The summed E-state index contributed by atoms with van der Waals surface area (Å²) in [4.78, 5) is 17.0. The zero-order valence-electron chi connectivity index (χ0n) is 16.4. The molecule has 0 aliphatic rings. The first-order valence-corrected chi connectivity index (χ1v) is 12.2. The van der Waals surface area contributed by atoms with Crippen LogP contribution in [-0.2, 0) is 20.4 Å². The predicted octanol–water partition coefficient (Wildman–Crippen LogP) is 5.25. The summed E-state index contributed by atoms with van der Waals surface area (Å²) in [5.41, 5.74) is 1.54. The van der Waals surface area contributed by atoms with Crippen molar-refractivity contribution in [2.45, 2.75) is 11.7 Å². The lowest BCUT2D eigenvalue weighted by molar-refractivity contribution is -0.117. The minimum atomic E-state index is -3.69. The maximum absolute atomic E-state index is 13.1. The molecule has 0 spiro atoms. The summed E-state index contributed by atoms with van der Waals surface area (Å²) in [6.45, 7) is 0. The topological polar surface area (TPSA) is 99.9 Å². The number of hydrogen-bond acceptors (Lipinski definition) is 5. The van der Waals surface area contributed by atoms with E-state index in [-0.39, 0.29) is 21.5 Å². The minimum absolute atomic E-state index is 0.172. The van der Waals surface area contributed by atoms with Crippen molar-refractivity contribution in [2.75, 3.05) is 11.1 Å². The summed E-state index contributed by atoms with van der Waals surface area (Å²) in [7, 11) is -3.69. The number of hydrogen-bond donors (Lipinski definition) is 1. The fourth-order valence-corrected chi connectivity index (χ4v) is 5.11. The van der Waals surface area contributed by atoms with Crippen molar-refractivity contribution in [3.05, 3.63) is 92.7 Å². The summed E-state index contributed by atoms with van der Waals surface area (Å²) in [5, 5.41) is 12.6. The monoisotopic (exact) mass is 507 g/mol. The average molecular weight is 509 g/mol. The molecule has 2 aromatic carbocycles. The van der Waals surface area contributed by atoms with E-state index >= 15 is 0 Å². The molecule has 0 aliphatic heterocycles. The molecule has 1 atom stereocenters. The molecular formula is C22H16Cl3N3O3S. The summed E-state index contributed by atoms with van der Waals surface area (Å²) in [6.07, 6.45) is 1.37. The molecule has 1 unspecified atom stereocenters. The van der Waals surface area contributed by atoms with E-state index in [1.165, 1.54) is 30.5 Å². The summed E-state index contributed by atoms with van der Waals surface area (Å²) < 4.78 is 25.8. The van der Waals surface area contributed by atoms with Crippen LogP contribution in [0.1, 0.15) is 22.6 Å². The standard InChI is InChI=1S/C22H16Cl3N3O3S/c23-17-5-1-14(2-6-17)12-32(30,31)13-19(16-4-8-21(25)27-11-16)22(29)28-18-7-3-15(10-26)20(24)9-18/h1-9,11,19H,12-13H2,(H,28,29). The van der Waals surface area contributed by atoms with Gasteiger partial charge in [0.05, 0.1) is 28.0 Å². The van der Waals surface area contributed by atoms with Crippen LogP contribution in [0.5, 0.6) is 0 Å². The van der Waals surface area contributed by atoms with Gasteiger partial charge in [-0.3, -0.25) is 4.79 Å². The number of pyridine rings is 1. The maximum Gasteiger partial charge on any atom is 0.233 e. The van der Waals surface area contributed by atoms with E-state index < -0.39 is 27.4 Å². The molecule has 164 valence electrons. The molecule has 0 saturated carbocycles. The first kappa shape index (κ1) is 24.0. The Kier molecular flexibility index (Phi) is 7.75. The third-order valence-corrected chi connectivity index (χ3v) is 6.95. The van der Waals surface area contributed by atoms with Crippen molar-refractivity contribution in [3.8, 4) is 6.07 Å². The molecule has 0 bridgehead atoms. The van der Waals surface area contributed by atoms with Crippen LogP contribution in [0.4, 0.5) is 5.69 Å². The lowest BCUT2D eigenvalue weighted by Crippen LogP contribution is -2.28. The van der Waals surface area contributed by atoms with Gasteiger partial charge in [-0.1, -0.05) is 53.0 Å². The molecule has 1 amide bonds. The smallest absolute Gasteiger partial charge is 0.233 e. The zero-order valence-corrected chi connectivity index (χ0v) is 19.5. The number of sulfone groups is 1. The van der Waals surface area contributed by atoms with Crippen molar-refractivity contribution >= 4 is 56.2 Å². The molecule has 6 nitrogen and oxygen atoms in total. The fourth-order valence-electron chi connectivity index (χ4n) is 2.98. The fraction of sp³-hybridized carbons (Fsp3) is 0.136. The van der Waals surface area contributed by atoms with Gasteiger partial charge >= 0.3 is 0 Å². The molecule has 1 heterocycles. The second-order valence-electron chi connectivity index (χ2n) is 6.94. The Labute approximate surface area is 200 Å². The number of carbonyl (C=O) groups excluding carboxylic acids is 1. The molecular weight excluding hydrogens is 493 g/mol. The number of amides is 1. The van der Waals surface area contributed by atoms with Crippen LogP contribution in [-0.4, -0.2) is 25.1 Å². The summed E-state index contributed by atoms with van der Waals surface area (Å²) >= 11 is 17.7. The van der Waals surface area contributed by atoms with E-state index in [1.54, 1.807) is 30.3 Å². The highest BCUT2D eigenvalue weighted by molar-refractivity contribution is 7.90. The molecule has 1 aromatic heterocycles. The van der Waals surface area contributed by atoms with Crippen molar-refractivity contribution in [3.63, 3.8) is 0 Å². The number of carbonyl (C=O) groups is 1. The molecule has 0 saturated heterocycles. The van der Waals surface area contributed by atoms with Crippen LogP contribution >= 0.6 is 34.8 Å². The minimum Gasteiger partial charge on any atom is -0.325 e. The normalized spacial score (nSPS) is 12.1. The Hall–Kier alpha value is -2.63. The molecule has 1 N–H and O–H groups in total. The molecule has 10 heteroatoms. The molecule has 3 rings (SSSR count). The van der Waals surface area contributed by atoms with Crippen molar-refractivity contribution in [2.24, 2.45) is 0 Å². The van der Waals surface area contributed by atoms with Gasteiger partial charge in [-0.15, -0.1) is 0 Å². The lowest BCUT2D eigenvalue weighted by Gasteiger charge is -2.18. The third kappa shape index (κ3) is 6.44. The Morgan fingerprint density at radius 1 is 1.06 bits per heavy atom. The number of benzene rings is 2. The molecule has 32 heavy (non-hydrogen) atoms. The number of aromatic nitrogens is 1. The van der Waals surface area contributed by atoms with Crippen LogP contribution in [0.3, 0.4) is 0 Å². The van der Waals surface area contributed by atoms with Crippen molar-refractivity contribution in [1.82, 2.24) is 4.98 Å². The predicted molar refractivity (Wildman–Crippen MR) is 126 cm³/mol. The Balaban J connectivity index is 1.87. The van der Waals surface area contributed by atoms with Gasteiger partial charge in [0.2, 0.25) is 5.91 Å². The van der Waals surface area contributed by atoms with E-state index in [9.17, 15) is 13.2 Å². The molecule has 3 aromatic rings. The van der Waals surface area contributed by atoms with Crippen LogP contribution in [0, 0.1) is 11.3 Å². The second kappa shape index (κ2) is 10.3. The highest BCUT2D eigenvalue weighted by Gasteiger charge is 2.28. The number of anilines is 1.